The number of nitrogen functional groups attached to an aromatic ring is 1. The number of amides is 1. The largest absolute Gasteiger partial charge is 0.398 e. The zero-order chi connectivity index (χ0) is 12.0. The first kappa shape index (κ1) is 12.5. The highest BCUT2D eigenvalue weighted by atomic mass is 16.5. The number of rotatable bonds is 5. The van der Waals surface area contributed by atoms with Crippen molar-refractivity contribution in [2.45, 2.75) is 13.8 Å². The zero-order valence-corrected chi connectivity index (χ0v) is 9.75. The number of anilines is 1. The van der Waals surface area contributed by atoms with E-state index in [1.807, 2.05) is 26.0 Å². The summed E-state index contributed by atoms with van der Waals surface area (Å²) in [5, 5.41) is 2.77. The summed E-state index contributed by atoms with van der Waals surface area (Å²) in [6, 6.07) is 5.43. The van der Waals surface area contributed by atoms with Gasteiger partial charge in [0.15, 0.2) is 0 Å². The van der Waals surface area contributed by atoms with Gasteiger partial charge in [0.25, 0.3) is 5.91 Å². The Balaban J connectivity index is 2.59. The van der Waals surface area contributed by atoms with Gasteiger partial charge < -0.3 is 15.8 Å². The maximum atomic E-state index is 11.8. The topological polar surface area (TPSA) is 64.3 Å². The van der Waals surface area contributed by atoms with Crippen molar-refractivity contribution in [3.05, 3.63) is 29.3 Å². The number of ether oxygens (including phenoxy) is 1. The van der Waals surface area contributed by atoms with Crippen molar-refractivity contribution in [1.29, 1.82) is 0 Å². The summed E-state index contributed by atoms with van der Waals surface area (Å²) in [7, 11) is 0. The van der Waals surface area contributed by atoms with Gasteiger partial charge in [-0.2, -0.15) is 0 Å². The molecule has 3 N–H and O–H groups in total. The Morgan fingerprint density at radius 3 is 2.88 bits per heavy atom. The number of nitrogens with two attached hydrogens (primary N) is 1. The van der Waals surface area contributed by atoms with Crippen molar-refractivity contribution >= 4 is 11.6 Å². The first-order chi connectivity index (χ1) is 7.66. The fraction of sp³-hybridized carbons (Fsp3) is 0.417. The van der Waals surface area contributed by atoms with Gasteiger partial charge >= 0.3 is 0 Å². The standard InChI is InChI=1S/C12H18N2O2/c1-3-16-8-7-14-12(15)11-9(2)5-4-6-10(11)13/h4-6H,3,7-8,13H2,1-2H3,(H,14,15). The van der Waals surface area contributed by atoms with Crippen LogP contribution < -0.4 is 11.1 Å². The van der Waals surface area contributed by atoms with Gasteiger partial charge in [0, 0.05) is 18.8 Å². The summed E-state index contributed by atoms with van der Waals surface area (Å²) in [6.45, 7) is 5.46. The molecule has 0 spiro atoms. The molecule has 0 aliphatic rings. The van der Waals surface area contributed by atoms with Crippen molar-refractivity contribution in [1.82, 2.24) is 5.32 Å². The Hall–Kier alpha value is -1.55. The van der Waals surface area contributed by atoms with E-state index in [4.69, 9.17) is 10.5 Å². The SMILES string of the molecule is CCOCCNC(=O)c1c(C)cccc1N. The molecule has 0 fully saturated rings. The lowest BCUT2D eigenvalue weighted by Gasteiger charge is -2.09. The number of hydrogen-bond acceptors (Lipinski definition) is 3. The fourth-order valence-corrected chi connectivity index (χ4v) is 1.47. The van der Waals surface area contributed by atoms with Gasteiger partial charge in [0.2, 0.25) is 0 Å². The number of carbonyl (C=O) groups is 1. The number of nitrogens with one attached hydrogen (secondary N) is 1. The van der Waals surface area contributed by atoms with Gasteiger partial charge in [0.1, 0.15) is 0 Å². The molecule has 1 rings (SSSR count). The van der Waals surface area contributed by atoms with E-state index >= 15 is 0 Å². The third-order valence-electron chi connectivity index (χ3n) is 2.27. The van der Waals surface area contributed by atoms with Crippen LogP contribution >= 0.6 is 0 Å². The summed E-state index contributed by atoms with van der Waals surface area (Å²) in [4.78, 5) is 11.8. The molecule has 0 aliphatic heterocycles. The monoisotopic (exact) mass is 222 g/mol. The normalized spacial score (nSPS) is 10.1. The molecule has 1 aromatic rings. The van der Waals surface area contributed by atoms with Crippen LogP contribution in [0.25, 0.3) is 0 Å². The quantitative estimate of drug-likeness (QED) is 0.583. The predicted molar refractivity (Wildman–Crippen MR) is 64.4 cm³/mol. The predicted octanol–water partition coefficient (Wildman–Crippen LogP) is 1.34. The molecule has 0 saturated heterocycles. The molecule has 0 aromatic heterocycles. The van der Waals surface area contributed by atoms with Crippen LogP contribution in [-0.4, -0.2) is 25.7 Å². The van der Waals surface area contributed by atoms with Crippen LogP contribution in [0.3, 0.4) is 0 Å². The van der Waals surface area contributed by atoms with Gasteiger partial charge in [0.05, 0.1) is 12.2 Å². The Morgan fingerprint density at radius 1 is 1.50 bits per heavy atom. The van der Waals surface area contributed by atoms with Gasteiger partial charge in [-0.15, -0.1) is 0 Å². The molecule has 1 amide bonds. The number of benzene rings is 1. The van der Waals surface area contributed by atoms with Crippen molar-refractivity contribution in [3.63, 3.8) is 0 Å². The smallest absolute Gasteiger partial charge is 0.253 e. The molecule has 4 heteroatoms. The molecule has 4 nitrogen and oxygen atoms in total. The molecule has 1 aromatic carbocycles. The second kappa shape index (κ2) is 6.12. The lowest BCUT2D eigenvalue weighted by atomic mass is 10.1. The highest BCUT2D eigenvalue weighted by Crippen LogP contribution is 2.15. The van der Waals surface area contributed by atoms with E-state index in [-0.39, 0.29) is 5.91 Å². The summed E-state index contributed by atoms with van der Waals surface area (Å²) in [5.74, 6) is -0.143. The Bertz CT molecular complexity index is 344. The summed E-state index contributed by atoms with van der Waals surface area (Å²) in [5.41, 5.74) is 7.71. The molecule has 0 bridgehead atoms. The minimum absolute atomic E-state index is 0.143. The molecule has 16 heavy (non-hydrogen) atoms. The molecule has 0 aliphatic carbocycles. The van der Waals surface area contributed by atoms with Crippen LogP contribution in [0.4, 0.5) is 5.69 Å². The van der Waals surface area contributed by atoms with Crippen molar-refractivity contribution in [2.75, 3.05) is 25.5 Å². The van der Waals surface area contributed by atoms with Gasteiger partial charge in [-0.1, -0.05) is 12.1 Å². The molecular formula is C12H18N2O2. The van der Waals surface area contributed by atoms with E-state index in [1.165, 1.54) is 0 Å². The summed E-state index contributed by atoms with van der Waals surface area (Å²) in [6.07, 6.45) is 0. The van der Waals surface area contributed by atoms with Gasteiger partial charge in [-0.3, -0.25) is 4.79 Å². The molecular weight excluding hydrogens is 204 g/mol. The van der Waals surface area contributed by atoms with Gasteiger partial charge in [-0.25, -0.2) is 0 Å². The lowest BCUT2D eigenvalue weighted by Crippen LogP contribution is -2.28. The van der Waals surface area contributed by atoms with Crippen LogP contribution in [-0.2, 0) is 4.74 Å². The Kier molecular flexibility index (Phi) is 4.79. The van der Waals surface area contributed by atoms with Crippen molar-refractivity contribution in [2.24, 2.45) is 0 Å². The maximum Gasteiger partial charge on any atom is 0.253 e. The van der Waals surface area contributed by atoms with E-state index in [0.717, 1.165) is 5.56 Å². The van der Waals surface area contributed by atoms with E-state index in [0.29, 0.717) is 31.0 Å². The average molecular weight is 222 g/mol. The van der Waals surface area contributed by atoms with Crippen LogP contribution in [0.1, 0.15) is 22.8 Å². The first-order valence-electron chi connectivity index (χ1n) is 5.37. The maximum absolute atomic E-state index is 11.8. The molecule has 0 saturated carbocycles. The molecule has 0 atom stereocenters. The summed E-state index contributed by atoms with van der Waals surface area (Å²) < 4.78 is 5.13. The highest BCUT2D eigenvalue weighted by Gasteiger charge is 2.11. The van der Waals surface area contributed by atoms with Gasteiger partial charge in [-0.05, 0) is 25.5 Å². The highest BCUT2D eigenvalue weighted by molar-refractivity contribution is 6.00. The second-order valence-corrected chi connectivity index (χ2v) is 3.49. The third kappa shape index (κ3) is 3.24. The third-order valence-corrected chi connectivity index (χ3v) is 2.27. The van der Waals surface area contributed by atoms with Crippen LogP contribution in [0.2, 0.25) is 0 Å². The Morgan fingerprint density at radius 2 is 2.25 bits per heavy atom. The number of hydrogen-bond donors (Lipinski definition) is 2. The van der Waals surface area contributed by atoms with Crippen LogP contribution in [0, 0.1) is 6.92 Å². The average Bonchev–Trinajstić information content (AvgIpc) is 2.24. The van der Waals surface area contributed by atoms with Crippen molar-refractivity contribution in [3.8, 4) is 0 Å². The van der Waals surface area contributed by atoms with E-state index < -0.39 is 0 Å². The van der Waals surface area contributed by atoms with Crippen LogP contribution in [0.15, 0.2) is 18.2 Å². The van der Waals surface area contributed by atoms with E-state index in [1.54, 1.807) is 6.07 Å². The molecule has 88 valence electrons. The van der Waals surface area contributed by atoms with E-state index in [2.05, 4.69) is 5.32 Å². The zero-order valence-electron chi connectivity index (χ0n) is 9.75. The molecule has 0 heterocycles. The first-order valence-corrected chi connectivity index (χ1v) is 5.37. The summed E-state index contributed by atoms with van der Waals surface area (Å²) >= 11 is 0. The fourth-order valence-electron chi connectivity index (χ4n) is 1.47. The van der Waals surface area contributed by atoms with E-state index in [9.17, 15) is 4.79 Å². The molecule has 0 unspecified atom stereocenters. The lowest BCUT2D eigenvalue weighted by molar-refractivity contribution is 0.0923. The Labute approximate surface area is 95.8 Å². The minimum atomic E-state index is -0.143. The minimum Gasteiger partial charge on any atom is -0.398 e. The van der Waals surface area contributed by atoms with Crippen molar-refractivity contribution < 1.29 is 9.53 Å². The number of aryl methyl sites for hydroxylation is 1. The van der Waals surface area contributed by atoms with Crippen LogP contribution in [0.5, 0.6) is 0 Å². The molecule has 0 radical (unpaired) electrons. The second-order valence-electron chi connectivity index (χ2n) is 3.49. The number of carbonyl (C=O) groups excluding carboxylic acids is 1.